The van der Waals surface area contributed by atoms with Crippen LogP contribution < -0.4 is 4.74 Å². The first-order chi connectivity index (χ1) is 10.5. The number of hydrogen-bond acceptors (Lipinski definition) is 6. The zero-order valence-corrected chi connectivity index (χ0v) is 13.3. The third kappa shape index (κ3) is 3.93. The molecule has 0 heterocycles. The van der Waals surface area contributed by atoms with Crippen molar-refractivity contribution in [1.29, 1.82) is 0 Å². The van der Waals surface area contributed by atoms with Gasteiger partial charge in [0.2, 0.25) is 15.8 Å². The van der Waals surface area contributed by atoms with E-state index < -0.39 is 49.0 Å². The largest absolute Gasteiger partial charge is 0.488 e. The van der Waals surface area contributed by atoms with Gasteiger partial charge in [0.15, 0.2) is 5.82 Å². The molecule has 1 rings (SSSR count). The number of aliphatic carboxylic acids is 1. The predicted molar refractivity (Wildman–Crippen MR) is 76.2 cm³/mol. The molecule has 0 aliphatic heterocycles. The van der Waals surface area contributed by atoms with E-state index >= 15 is 0 Å². The predicted octanol–water partition coefficient (Wildman–Crippen LogP) is 1.08. The number of nitrogens with zero attached hydrogens (tertiary/aromatic N) is 2. The first kappa shape index (κ1) is 18.8. The van der Waals surface area contributed by atoms with E-state index in [0.717, 1.165) is 14.2 Å². The number of benzene rings is 1. The topological polar surface area (TPSA) is 127 Å². The zero-order chi connectivity index (χ0) is 17.9. The van der Waals surface area contributed by atoms with Crippen LogP contribution in [0.1, 0.15) is 6.92 Å². The summed E-state index contributed by atoms with van der Waals surface area (Å²) in [5, 5.41) is 19.7. The van der Waals surface area contributed by atoms with Gasteiger partial charge in [-0.2, -0.15) is 0 Å². The van der Waals surface area contributed by atoms with Crippen LogP contribution in [-0.2, 0) is 14.8 Å². The Morgan fingerprint density at radius 1 is 1.52 bits per heavy atom. The average Bonchev–Trinajstić information content (AvgIpc) is 2.45. The molecule has 0 radical (unpaired) electrons. The second kappa shape index (κ2) is 6.87. The molecule has 11 heteroatoms. The number of carboxylic acids is 1. The van der Waals surface area contributed by atoms with E-state index in [1.54, 1.807) is 0 Å². The maximum absolute atomic E-state index is 13.8. The van der Waals surface area contributed by atoms with Crippen LogP contribution in [0.5, 0.6) is 5.75 Å². The van der Waals surface area contributed by atoms with Crippen molar-refractivity contribution < 1.29 is 32.4 Å². The second-order valence-corrected chi connectivity index (χ2v) is 6.78. The summed E-state index contributed by atoms with van der Waals surface area (Å²) >= 11 is 0. The van der Waals surface area contributed by atoms with E-state index in [1.807, 2.05) is 0 Å². The molecule has 1 atom stereocenters. The molecule has 0 bridgehead atoms. The molecule has 0 saturated carbocycles. The first-order valence-corrected chi connectivity index (χ1v) is 7.67. The van der Waals surface area contributed by atoms with Crippen molar-refractivity contribution in [2.24, 2.45) is 5.92 Å². The van der Waals surface area contributed by atoms with Crippen molar-refractivity contribution in [1.82, 2.24) is 4.31 Å². The quantitative estimate of drug-likeness (QED) is 0.576. The minimum atomic E-state index is -4.30. The maximum Gasteiger partial charge on any atom is 0.315 e. The van der Waals surface area contributed by atoms with Gasteiger partial charge in [-0.1, -0.05) is 6.92 Å². The van der Waals surface area contributed by atoms with Gasteiger partial charge in [-0.25, -0.2) is 17.1 Å². The molecule has 0 saturated heterocycles. The summed E-state index contributed by atoms with van der Waals surface area (Å²) in [6.45, 7) is 0.921. The summed E-state index contributed by atoms with van der Waals surface area (Å²) < 4.78 is 43.7. The maximum atomic E-state index is 13.8. The summed E-state index contributed by atoms with van der Waals surface area (Å²) in [7, 11) is -2.19. The molecule has 0 aromatic heterocycles. The molecule has 0 aliphatic rings. The monoisotopic (exact) mass is 350 g/mol. The van der Waals surface area contributed by atoms with Gasteiger partial charge in [0.05, 0.1) is 22.8 Å². The number of halogens is 1. The number of nitro benzene ring substituents is 1. The van der Waals surface area contributed by atoms with Crippen LogP contribution in [0.4, 0.5) is 10.1 Å². The summed E-state index contributed by atoms with van der Waals surface area (Å²) in [5.41, 5.74) is -0.842. The first-order valence-electron chi connectivity index (χ1n) is 6.23. The zero-order valence-electron chi connectivity index (χ0n) is 12.5. The molecule has 9 nitrogen and oxygen atoms in total. The fourth-order valence-corrected chi connectivity index (χ4v) is 3.08. The van der Waals surface area contributed by atoms with Gasteiger partial charge >= 0.3 is 11.7 Å². The van der Waals surface area contributed by atoms with Crippen LogP contribution in [0.3, 0.4) is 0 Å². The smallest absolute Gasteiger partial charge is 0.315 e. The van der Waals surface area contributed by atoms with Crippen molar-refractivity contribution in [2.45, 2.75) is 11.8 Å². The Kier molecular flexibility index (Phi) is 5.61. The number of carbonyl (C=O) groups is 1. The Morgan fingerprint density at radius 2 is 2.09 bits per heavy atom. The highest BCUT2D eigenvalue weighted by atomic mass is 32.2. The second-order valence-electron chi connectivity index (χ2n) is 4.74. The lowest BCUT2D eigenvalue weighted by atomic mass is 10.2. The Balaban J connectivity index is 3.34. The van der Waals surface area contributed by atoms with Crippen LogP contribution in [0.2, 0.25) is 0 Å². The van der Waals surface area contributed by atoms with Crippen LogP contribution in [-0.4, -0.2) is 49.4 Å². The molecule has 1 unspecified atom stereocenters. The van der Waals surface area contributed by atoms with Crippen LogP contribution in [0.15, 0.2) is 17.0 Å². The Hall–Kier alpha value is -2.27. The number of carboxylic acid groups (broad SMARTS) is 1. The lowest BCUT2D eigenvalue weighted by molar-refractivity contribution is -0.386. The molecule has 0 aliphatic carbocycles. The van der Waals surface area contributed by atoms with Crippen LogP contribution in [0, 0.1) is 21.8 Å². The number of nitro groups is 1. The van der Waals surface area contributed by atoms with Gasteiger partial charge in [0, 0.05) is 19.7 Å². The fourth-order valence-electron chi connectivity index (χ4n) is 1.78. The van der Waals surface area contributed by atoms with Crippen molar-refractivity contribution in [3.63, 3.8) is 0 Å². The molecule has 0 spiro atoms. The summed E-state index contributed by atoms with van der Waals surface area (Å²) in [5.74, 6) is -4.11. The molecule has 0 fully saturated rings. The van der Waals surface area contributed by atoms with E-state index in [0.29, 0.717) is 16.4 Å². The van der Waals surface area contributed by atoms with E-state index in [2.05, 4.69) is 4.74 Å². The number of rotatable bonds is 7. The standard InChI is InChI=1S/C12H15FN2O7S/c1-7(12(16)17)6-14(2)23(20,21)8-4-9(13)11(22-3)10(5-8)15(18)19/h4-5,7H,6H2,1-3H3,(H,16,17). The molecule has 1 N–H and O–H groups in total. The molecule has 0 amide bonds. The molecule has 1 aromatic carbocycles. The number of sulfonamides is 1. The van der Waals surface area contributed by atoms with Crippen molar-refractivity contribution in [2.75, 3.05) is 20.7 Å². The van der Waals surface area contributed by atoms with Crippen molar-refractivity contribution in [3.05, 3.63) is 28.1 Å². The van der Waals surface area contributed by atoms with Crippen LogP contribution in [0.25, 0.3) is 0 Å². The Morgan fingerprint density at radius 3 is 2.52 bits per heavy atom. The Bertz CT molecular complexity index is 735. The van der Waals surface area contributed by atoms with Gasteiger partial charge in [0.1, 0.15) is 0 Å². The minimum absolute atomic E-state index is 0.376. The van der Waals surface area contributed by atoms with E-state index in [4.69, 9.17) is 5.11 Å². The lowest BCUT2D eigenvalue weighted by Crippen LogP contribution is -2.33. The van der Waals surface area contributed by atoms with Crippen molar-refractivity contribution >= 4 is 21.7 Å². The number of methoxy groups -OCH3 is 1. The van der Waals surface area contributed by atoms with Gasteiger partial charge in [-0.15, -0.1) is 0 Å². The third-order valence-electron chi connectivity index (χ3n) is 3.06. The highest BCUT2D eigenvalue weighted by Crippen LogP contribution is 2.33. The molecule has 128 valence electrons. The fraction of sp³-hybridized carbons (Fsp3) is 0.417. The normalized spacial score (nSPS) is 12.9. The molecular weight excluding hydrogens is 335 g/mol. The number of ether oxygens (including phenoxy) is 1. The van der Waals surface area contributed by atoms with Gasteiger partial charge in [0.25, 0.3) is 0 Å². The van der Waals surface area contributed by atoms with Crippen molar-refractivity contribution in [3.8, 4) is 5.75 Å². The summed E-state index contributed by atoms with van der Waals surface area (Å²) in [6.07, 6.45) is 0. The third-order valence-corrected chi connectivity index (χ3v) is 4.86. The summed E-state index contributed by atoms with van der Waals surface area (Å²) in [6, 6.07) is 1.25. The number of hydrogen-bond donors (Lipinski definition) is 1. The van der Waals surface area contributed by atoms with Gasteiger partial charge in [-0.3, -0.25) is 14.9 Å². The highest BCUT2D eigenvalue weighted by Gasteiger charge is 2.30. The molecule has 1 aromatic rings. The van der Waals surface area contributed by atoms with E-state index in [-0.39, 0.29) is 6.54 Å². The van der Waals surface area contributed by atoms with Gasteiger partial charge in [-0.05, 0) is 6.07 Å². The van der Waals surface area contributed by atoms with Gasteiger partial charge < -0.3 is 9.84 Å². The van der Waals surface area contributed by atoms with Crippen LogP contribution >= 0.6 is 0 Å². The summed E-state index contributed by atoms with van der Waals surface area (Å²) in [4.78, 5) is 20.1. The molecular formula is C12H15FN2O7S. The molecule has 23 heavy (non-hydrogen) atoms. The SMILES string of the molecule is COc1c(F)cc(S(=O)(=O)N(C)CC(C)C(=O)O)cc1[N+](=O)[O-]. The van der Waals surface area contributed by atoms with E-state index in [1.165, 1.54) is 6.92 Å². The lowest BCUT2D eigenvalue weighted by Gasteiger charge is -2.19. The average molecular weight is 350 g/mol. The van der Waals surface area contributed by atoms with E-state index in [9.17, 15) is 27.7 Å². The highest BCUT2D eigenvalue weighted by molar-refractivity contribution is 7.89. The Labute approximate surface area is 131 Å². The minimum Gasteiger partial charge on any atom is -0.488 e.